The van der Waals surface area contributed by atoms with Gasteiger partial charge in [0.15, 0.2) is 0 Å². The number of hydrogen-bond donors (Lipinski definition) is 1. The van der Waals surface area contributed by atoms with Crippen molar-refractivity contribution in [3.63, 3.8) is 0 Å². The smallest absolute Gasteiger partial charge is 0.0665 e. The Kier molecular flexibility index (Phi) is 6.06. The maximum absolute atomic E-state index is 6.26. The average molecular weight is 275 g/mol. The van der Waals surface area contributed by atoms with Crippen molar-refractivity contribution in [1.82, 2.24) is 5.32 Å². The molecule has 0 spiro atoms. The summed E-state index contributed by atoms with van der Waals surface area (Å²) in [5.41, 5.74) is 2.63. The van der Waals surface area contributed by atoms with Crippen molar-refractivity contribution >= 4 is 0 Å². The standard InChI is InChI=1S/C18H29NO/c1-4-15-7-5-6-8-18(15)20-13-17(19-3)16-11-9-14(2)10-12-16/h9-12,15,17-19H,4-8,13H2,1-3H3. The van der Waals surface area contributed by atoms with E-state index in [2.05, 4.69) is 43.4 Å². The van der Waals surface area contributed by atoms with E-state index in [0.29, 0.717) is 12.1 Å². The molecule has 0 heterocycles. The van der Waals surface area contributed by atoms with Gasteiger partial charge in [0.2, 0.25) is 0 Å². The third-order valence-corrected chi connectivity index (χ3v) is 4.67. The molecule has 1 aliphatic carbocycles. The van der Waals surface area contributed by atoms with Gasteiger partial charge in [-0.05, 0) is 38.3 Å². The van der Waals surface area contributed by atoms with Crippen molar-refractivity contribution in [2.75, 3.05) is 13.7 Å². The molecule has 1 saturated carbocycles. The molecular formula is C18H29NO. The van der Waals surface area contributed by atoms with Gasteiger partial charge in [-0.15, -0.1) is 0 Å². The van der Waals surface area contributed by atoms with E-state index in [1.807, 2.05) is 7.05 Å². The van der Waals surface area contributed by atoms with Crippen LogP contribution in [-0.4, -0.2) is 19.8 Å². The summed E-state index contributed by atoms with van der Waals surface area (Å²) in [6, 6.07) is 9.07. The van der Waals surface area contributed by atoms with Gasteiger partial charge < -0.3 is 10.1 Å². The fourth-order valence-electron chi connectivity index (χ4n) is 3.22. The molecule has 1 aromatic rings. The lowest BCUT2D eigenvalue weighted by Gasteiger charge is -2.32. The third-order valence-electron chi connectivity index (χ3n) is 4.67. The van der Waals surface area contributed by atoms with Crippen LogP contribution in [0, 0.1) is 12.8 Å². The van der Waals surface area contributed by atoms with Gasteiger partial charge >= 0.3 is 0 Å². The highest BCUT2D eigenvalue weighted by Crippen LogP contribution is 2.30. The molecule has 0 amide bonds. The van der Waals surface area contributed by atoms with Gasteiger partial charge in [-0.1, -0.05) is 56.0 Å². The van der Waals surface area contributed by atoms with Gasteiger partial charge in [0.05, 0.1) is 18.8 Å². The highest BCUT2D eigenvalue weighted by molar-refractivity contribution is 5.24. The summed E-state index contributed by atoms with van der Waals surface area (Å²) in [6.07, 6.45) is 7.01. The van der Waals surface area contributed by atoms with Crippen molar-refractivity contribution in [1.29, 1.82) is 0 Å². The summed E-state index contributed by atoms with van der Waals surface area (Å²) >= 11 is 0. The zero-order valence-electron chi connectivity index (χ0n) is 13.2. The van der Waals surface area contributed by atoms with Crippen LogP contribution in [0.1, 0.15) is 56.2 Å². The fraction of sp³-hybridized carbons (Fsp3) is 0.667. The highest BCUT2D eigenvalue weighted by atomic mass is 16.5. The normalized spacial score (nSPS) is 24.6. The minimum Gasteiger partial charge on any atom is -0.376 e. The van der Waals surface area contributed by atoms with E-state index in [9.17, 15) is 0 Å². The largest absolute Gasteiger partial charge is 0.376 e. The Labute approximate surface area is 123 Å². The molecule has 0 aromatic heterocycles. The van der Waals surface area contributed by atoms with Crippen LogP contribution in [0.5, 0.6) is 0 Å². The third kappa shape index (κ3) is 4.07. The molecule has 1 fully saturated rings. The lowest BCUT2D eigenvalue weighted by Crippen LogP contribution is -2.31. The number of hydrogen-bond acceptors (Lipinski definition) is 2. The van der Waals surface area contributed by atoms with E-state index in [4.69, 9.17) is 4.74 Å². The first kappa shape index (κ1) is 15.5. The molecule has 3 unspecified atom stereocenters. The second kappa shape index (κ2) is 7.80. The minimum absolute atomic E-state index is 0.301. The van der Waals surface area contributed by atoms with Gasteiger partial charge in [-0.3, -0.25) is 0 Å². The molecular weight excluding hydrogens is 246 g/mol. The molecule has 2 nitrogen and oxygen atoms in total. The van der Waals surface area contributed by atoms with Crippen LogP contribution in [0.2, 0.25) is 0 Å². The van der Waals surface area contributed by atoms with Crippen LogP contribution in [0.25, 0.3) is 0 Å². The topological polar surface area (TPSA) is 21.3 Å². The van der Waals surface area contributed by atoms with Crippen molar-refractivity contribution in [2.45, 2.75) is 58.1 Å². The van der Waals surface area contributed by atoms with Crippen molar-refractivity contribution in [3.05, 3.63) is 35.4 Å². The predicted molar refractivity (Wildman–Crippen MR) is 85.0 cm³/mol. The summed E-state index contributed by atoms with van der Waals surface area (Å²) in [6.45, 7) is 5.20. The van der Waals surface area contributed by atoms with Crippen LogP contribution in [0.15, 0.2) is 24.3 Å². The van der Waals surface area contributed by atoms with Crippen LogP contribution in [0.3, 0.4) is 0 Å². The molecule has 112 valence electrons. The molecule has 3 atom stereocenters. The number of nitrogens with one attached hydrogen (secondary N) is 1. The maximum atomic E-state index is 6.26. The van der Waals surface area contributed by atoms with Gasteiger partial charge in [0.1, 0.15) is 0 Å². The molecule has 0 aliphatic heterocycles. The van der Waals surface area contributed by atoms with E-state index in [1.165, 1.54) is 43.2 Å². The van der Waals surface area contributed by atoms with Crippen molar-refractivity contribution in [2.24, 2.45) is 5.92 Å². The molecule has 0 bridgehead atoms. The molecule has 1 aromatic carbocycles. The molecule has 20 heavy (non-hydrogen) atoms. The molecule has 2 rings (SSSR count). The van der Waals surface area contributed by atoms with Crippen LogP contribution in [-0.2, 0) is 4.74 Å². The Morgan fingerprint density at radius 3 is 2.55 bits per heavy atom. The van der Waals surface area contributed by atoms with Gasteiger partial charge in [-0.2, -0.15) is 0 Å². The van der Waals surface area contributed by atoms with Crippen molar-refractivity contribution < 1.29 is 4.74 Å². The van der Waals surface area contributed by atoms with Gasteiger partial charge in [0.25, 0.3) is 0 Å². The number of likely N-dealkylation sites (N-methyl/N-ethyl adjacent to an activating group) is 1. The summed E-state index contributed by atoms with van der Waals surface area (Å²) in [5, 5.41) is 3.39. The predicted octanol–water partition coefficient (Wildman–Crippen LogP) is 4.24. The molecule has 1 aliphatic rings. The highest BCUT2D eigenvalue weighted by Gasteiger charge is 2.25. The van der Waals surface area contributed by atoms with Crippen LogP contribution >= 0.6 is 0 Å². The maximum Gasteiger partial charge on any atom is 0.0665 e. The second-order valence-electron chi connectivity index (χ2n) is 6.08. The van der Waals surface area contributed by atoms with Crippen LogP contribution < -0.4 is 5.32 Å². The quantitative estimate of drug-likeness (QED) is 0.838. The zero-order valence-corrected chi connectivity index (χ0v) is 13.2. The Morgan fingerprint density at radius 1 is 1.20 bits per heavy atom. The Morgan fingerprint density at radius 2 is 1.90 bits per heavy atom. The Hall–Kier alpha value is -0.860. The van der Waals surface area contributed by atoms with Crippen molar-refractivity contribution in [3.8, 4) is 0 Å². The van der Waals surface area contributed by atoms with E-state index in [1.54, 1.807) is 0 Å². The average Bonchev–Trinajstić information content (AvgIpc) is 2.50. The number of benzene rings is 1. The monoisotopic (exact) mass is 275 g/mol. The van der Waals surface area contributed by atoms with E-state index < -0.39 is 0 Å². The first-order valence-corrected chi connectivity index (χ1v) is 8.10. The number of rotatable bonds is 6. The first-order valence-electron chi connectivity index (χ1n) is 8.10. The van der Waals surface area contributed by atoms with E-state index >= 15 is 0 Å². The molecule has 1 N–H and O–H groups in total. The summed E-state index contributed by atoms with van der Waals surface area (Å²) in [5.74, 6) is 0.763. The Balaban J connectivity index is 1.91. The minimum atomic E-state index is 0.301. The number of aryl methyl sites for hydroxylation is 1. The number of ether oxygens (including phenoxy) is 1. The lowest BCUT2D eigenvalue weighted by molar-refractivity contribution is -0.0210. The second-order valence-corrected chi connectivity index (χ2v) is 6.08. The Bertz CT molecular complexity index is 387. The zero-order chi connectivity index (χ0) is 14.4. The summed E-state index contributed by atoms with van der Waals surface area (Å²) in [4.78, 5) is 0. The van der Waals surface area contributed by atoms with Crippen LogP contribution in [0.4, 0.5) is 0 Å². The van der Waals surface area contributed by atoms with Gasteiger partial charge in [-0.25, -0.2) is 0 Å². The molecule has 0 radical (unpaired) electrons. The van der Waals surface area contributed by atoms with E-state index in [0.717, 1.165) is 12.5 Å². The lowest BCUT2D eigenvalue weighted by atomic mass is 9.85. The SMILES string of the molecule is CCC1CCCCC1OCC(NC)c1ccc(C)cc1. The first-order chi connectivity index (χ1) is 9.74. The summed E-state index contributed by atoms with van der Waals surface area (Å²) in [7, 11) is 2.02. The molecule has 2 heteroatoms. The fourth-order valence-corrected chi connectivity index (χ4v) is 3.22. The van der Waals surface area contributed by atoms with Gasteiger partial charge in [0, 0.05) is 0 Å². The molecule has 0 saturated heterocycles. The summed E-state index contributed by atoms with van der Waals surface area (Å²) < 4.78 is 6.26. The van der Waals surface area contributed by atoms with E-state index in [-0.39, 0.29) is 0 Å².